The summed E-state index contributed by atoms with van der Waals surface area (Å²) in [6.07, 6.45) is 8.45. The van der Waals surface area contributed by atoms with Crippen molar-refractivity contribution >= 4 is 46.4 Å². The maximum Gasteiger partial charge on any atom is 0.0737 e. The molecule has 0 spiro atoms. The second-order valence-corrected chi connectivity index (χ2v) is 11.0. The van der Waals surface area contributed by atoms with E-state index in [-0.39, 0.29) is 0 Å². The zero-order chi connectivity index (χ0) is 28.8. The van der Waals surface area contributed by atoms with Crippen LogP contribution in [0.2, 0.25) is 0 Å². The third kappa shape index (κ3) is 4.59. The first-order valence-corrected chi connectivity index (χ1v) is 14.5. The van der Waals surface area contributed by atoms with Crippen LogP contribution in [-0.2, 0) is 0 Å². The van der Waals surface area contributed by atoms with Crippen molar-refractivity contribution in [2.45, 2.75) is 6.92 Å². The highest BCUT2D eigenvalue weighted by Crippen LogP contribution is 2.36. The topological polar surface area (TPSA) is 57.4 Å². The van der Waals surface area contributed by atoms with Gasteiger partial charge in [0.2, 0.25) is 0 Å². The molecular weight excluding hydrogens is 524 g/mol. The first-order chi connectivity index (χ1) is 21.2. The number of hydrogen-bond donors (Lipinski definition) is 2. The third-order valence-electron chi connectivity index (χ3n) is 8.04. The predicted molar refractivity (Wildman–Crippen MR) is 180 cm³/mol. The monoisotopic (exact) mass is 552 g/mol. The number of fused-ring (bicyclic) bond motifs is 8. The summed E-state index contributed by atoms with van der Waals surface area (Å²) in [5, 5.41) is 0. The Hall–Kier alpha value is -5.74. The molecule has 0 atom stereocenters. The number of H-pyrrole nitrogens is 2. The number of aryl methyl sites for hydroxylation is 1. The standard InChI is InChI=1S/C39H28N4/c1-25-12-14-28(15-13-25)39-35-22-20-33(42-35)37(26-8-4-2-5-9-26)31-18-16-29(40-31)24-30-17-19-32(41-30)38(27-10-6-3-7-11-27)34-21-23-36(39)43-34/h2-24,40,43H,1H3. The lowest BCUT2D eigenvalue weighted by atomic mass is 10.0. The van der Waals surface area contributed by atoms with Gasteiger partial charge in [-0.25, -0.2) is 9.97 Å². The van der Waals surface area contributed by atoms with Gasteiger partial charge in [0.25, 0.3) is 0 Å². The molecule has 8 bridgehead atoms. The fourth-order valence-corrected chi connectivity index (χ4v) is 5.98. The minimum absolute atomic E-state index is 0.901. The maximum atomic E-state index is 5.29. The number of nitrogens with one attached hydrogen (secondary N) is 2. The molecule has 2 aliphatic rings. The van der Waals surface area contributed by atoms with Crippen LogP contribution in [0, 0.1) is 6.92 Å². The van der Waals surface area contributed by atoms with Gasteiger partial charge in [-0.05, 0) is 78.3 Å². The summed E-state index contributed by atoms with van der Waals surface area (Å²) >= 11 is 0. The van der Waals surface area contributed by atoms with Crippen molar-refractivity contribution in [2.75, 3.05) is 0 Å². The molecule has 43 heavy (non-hydrogen) atoms. The molecule has 204 valence electrons. The van der Waals surface area contributed by atoms with Crippen molar-refractivity contribution in [1.82, 2.24) is 19.9 Å². The molecule has 0 radical (unpaired) electrons. The molecule has 0 saturated carbocycles. The maximum absolute atomic E-state index is 5.29. The Morgan fingerprint density at radius 3 is 1.53 bits per heavy atom. The average molecular weight is 553 g/mol. The van der Waals surface area contributed by atoms with E-state index >= 15 is 0 Å². The molecule has 0 fully saturated rings. The van der Waals surface area contributed by atoms with Gasteiger partial charge in [-0.15, -0.1) is 0 Å². The van der Waals surface area contributed by atoms with Crippen LogP contribution in [0.4, 0.5) is 0 Å². The number of benzene rings is 3. The van der Waals surface area contributed by atoms with Crippen molar-refractivity contribution in [2.24, 2.45) is 0 Å². The summed E-state index contributed by atoms with van der Waals surface area (Å²) in [5.41, 5.74) is 15.4. The lowest BCUT2D eigenvalue weighted by molar-refractivity contribution is 1.31. The van der Waals surface area contributed by atoms with E-state index in [4.69, 9.17) is 9.97 Å². The summed E-state index contributed by atoms with van der Waals surface area (Å²) in [6.45, 7) is 2.12. The van der Waals surface area contributed by atoms with Crippen LogP contribution in [0.1, 0.15) is 28.3 Å². The van der Waals surface area contributed by atoms with Crippen molar-refractivity contribution in [3.63, 3.8) is 0 Å². The van der Waals surface area contributed by atoms with Crippen molar-refractivity contribution in [1.29, 1.82) is 0 Å². The zero-order valence-corrected chi connectivity index (χ0v) is 23.7. The molecule has 4 nitrogen and oxygen atoms in total. The fourth-order valence-electron chi connectivity index (χ4n) is 5.98. The number of nitrogens with zero attached hydrogens (tertiary/aromatic N) is 2. The van der Waals surface area contributed by atoms with Gasteiger partial charge in [0.15, 0.2) is 0 Å². The second-order valence-electron chi connectivity index (χ2n) is 11.0. The van der Waals surface area contributed by atoms with Crippen LogP contribution in [0.5, 0.6) is 0 Å². The normalized spacial score (nSPS) is 12.1. The third-order valence-corrected chi connectivity index (χ3v) is 8.04. The molecule has 2 aliphatic heterocycles. The molecule has 5 heterocycles. The molecule has 3 aromatic heterocycles. The van der Waals surface area contributed by atoms with E-state index < -0.39 is 0 Å². The number of aromatic amines is 2. The lowest BCUT2D eigenvalue weighted by Gasteiger charge is -2.06. The Kier molecular flexibility index (Phi) is 5.97. The average Bonchev–Trinajstić information content (AvgIpc) is 3.86. The van der Waals surface area contributed by atoms with Crippen LogP contribution in [0.15, 0.2) is 115 Å². The van der Waals surface area contributed by atoms with E-state index in [1.165, 1.54) is 5.56 Å². The Balaban J connectivity index is 1.54. The molecule has 0 unspecified atom stereocenters. The summed E-state index contributed by atoms with van der Waals surface area (Å²) in [7, 11) is 0. The van der Waals surface area contributed by atoms with Crippen LogP contribution < -0.4 is 0 Å². The van der Waals surface area contributed by atoms with E-state index in [1.54, 1.807) is 0 Å². The minimum Gasteiger partial charge on any atom is -0.355 e. The quantitative estimate of drug-likeness (QED) is 0.229. The smallest absolute Gasteiger partial charge is 0.0737 e. The molecule has 2 N–H and O–H groups in total. The van der Waals surface area contributed by atoms with Gasteiger partial charge in [-0.1, -0.05) is 90.5 Å². The largest absolute Gasteiger partial charge is 0.355 e. The van der Waals surface area contributed by atoms with E-state index in [1.807, 2.05) is 12.1 Å². The molecule has 0 aliphatic carbocycles. The number of rotatable bonds is 3. The van der Waals surface area contributed by atoms with E-state index in [0.29, 0.717) is 0 Å². The van der Waals surface area contributed by atoms with Crippen LogP contribution >= 0.6 is 0 Å². The Morgan fingerprint density at radius 2 is 0.930 bits per heavy atom. The molecule has 3 aromatic carbocycles. The molecule has 0 saturated heterocycles. The Labute approximate surface area is 249 Å². The highest BCUT2D eigenvalue weighted by Gasteiger charge is 2.16. The first kappa shape index (κ1) is 25.0. The summed E-state index contributed by atoms with van der Waals surface area (Å²) in [4.78, 5) is 17.8. The van der Waals surface area contributed by atoms with Gasteiger partial charge in [-0.3, -0.25) is 0 Å². The number of hydrogen-bond acceptors (Lipinski definition) is 2. The Morgan fingerprint density at radius 1 is 0.442 bits per heavy atom. The van der Waals surface area contributed by atoms with Gasteiger partial charge in [0, 0.05) is 38.8 Å². The van der Waals surface area contributed by atoms with Gasteiger partial charge < -0.3 is 9.97 Å². The van der Waals surface area contributed by atoms with Crippen LogP contribution in [0.3, 0.4) is 0 Å². The summed E-state index contributed by atoms with van der Waals surface area (Å²) in [6, 6.07) is 40.3. The van der Waals surface area contributed by atoms with E-state index in [2.05, 4.69) is 144 Å². The van der Waals surface area contributed by atoms with E-state index in [9.17, 15) is 0 Å². The predicted octanol–water partition coefficient (Wildman–Crippen LogP) is 9.97. The highest BCUT2D eigenvalue weighted by molar-refractivity contribution is 5.97. The minimum atomic E-state index is 0.901. The van der Waals surface area contributed by atoms with Crippen molar-refractivity contribution < 1.29 is 0 Å². The highest BCUT2D eigenvalue weighted by atomic mass is 14.8. The molecular formula is C39H28N4. The molecule has 6 aromatic rings. The molecule has 4 heteroatoms. The van der Waals surface area contributed by atoms with Gasteiger partial charge in [-0.2, -0.15) is 0 Å². The lowest BCUT2D eigenvalue weighted by Crippen LogP contribution is -1.88. The summed E-state index contributed by atoms with van der Waals surface area (Å²) in [5.74, 6) is 0. The SMILES string of the molecule is Cc1ccc(-c2c3nc(c(-c4ccccc4)c4ccc(cc5nc(c(-c6ccccc6)c6ccc2[nH]6)C=C5)[nH]4)C=C3)cc1. The molecule has 0 amide bonds. The van der Waals surface area contributed by atoms with E-state index in [0.717, 1.165) is 78.2 Å². The molecule has 8 rings (SSSR count). The summed E-state index contributed by atoms with van der Waals surface area (Å²) < 4.78 is 0. The first-order valence-electron chi connectivity index (χ1n) is 14.5. The van der Waals surface area contributed by atoms with Crippen LogP contribution in [-0.4, -0.2) is 19.9 Å². The van der Waals surface area contributed by atoms with Gasteiger partial charge in [0.05, 0.1) is 22.8 Å². The second kappa shape index (κ2) is 10.3. The van der Waals surface area contributed by atoms with Crippen LogP contribution in [0.25, 0.3) is 79.8 Å². The van der Waals surface area contributed by atoms with Gasteiger partial charge >= 0.3 is 0 Å². The zero-order valence-electron chi connectivity index (χ0n) is 23.7. The Bertz CT molecular complexity index is 2180. The van der Waals surface area contributed by atoms with Crippen molar-refractivity contribution in [3.05, 3.63) is 144 Å². The fraction of sp³-hybridized carbons (Fsp3) is 0.0256. The number of aromatic nitrogens is 4. The van der Waals surface area contributed by atoms with Crippen molar-refractivity contribution in [3.8, 4) is 33.4 Å². The van der Waals surface area contributed by atoms with Gasteiger partial charge in [0.1, 0.15) is 0 Å².